The molecule has 106 valence electrons. The number of ketones is 1. The van der Waals surface area contributed by atoms with Crippen LogP contribution >= 0.6 is 15.9 Å². The summed E-state index contributed by atoms with van der Waals surface area (Å²) >= 11 is 3.10. The fraction of sp³-hybridized carbons (Fsp3) is 0.231. The molecule has 0 amide bonds. The zero-order chi connectivity index (χ0) is 15.1. The Labute approximate surface area is 123 Å². The monoisotopic (exact) mass is 341 g/mol. The summed E-state index contributed by atoms with van der Waals surface area (Å²) in [4.78, 5) is 33.3. The molecule has 1 aromatic rings. The Morgan fingerprint density at radius 3 is 2.70 bits per heavy atom. The molecule has 0 atom stereocenters. The first-order chi connectivity index (χ1) is 9.45. The first kappa shape index (κ1) is 16.0. The number of halogens is 1. The molecular weight excluding hydrogens is 330 g/mol. The second-order valence-corrected chi connectivity index (χ2v) is 4.58. The molecule has 0 saturated carbocycles. The molecule has 0 heterocycles. The normalized spacial score (nSPS) is 11.0. The molecular formula is C13H12BrNO5. The third-order valence-corrected chi connectivity index (χ3v) is 2.63. The van der Waals surface area contributed by atoms with Crippen molar-refractivity contribution in [2.24, 2.45) is 0 Å². The van der Waals surface area contributed by atoms with E-state index in [4.69, 9.17) is 4.74 Å². The summed E-state index contributed by atoms with van der Waals surface area (Å²) in [5.74, 6) is -1.21. The molecule has 0 aliphatic heterocycles. The van der Waals surface area contributed by atoms with Gasteiger partial charge in [-0.05, 0) is 18.6 Å². The number of nitro groups is 1. The summed E-state index contributed by atoms with van der Waals surface area (Å²) in [6.45, 7) is 1.37. The lowest BCUT2D eigenvalue weighted by atomic mass is 10.1. The zero-order valence-corrected chi connectivity index (χ0v) is 12.3. The predicted octanol–water partition coefficient (Wildman–Crippen LogP) is 2.51. The second kappa shape index (κ2) is 7.54. The van der Waals surface area contributed by atoms with Crippen LogP contribution in [0.3, 0.4) is 0 Å². The number of Topliss-reactive ketones (excluding diaryl/α,β-unsaturated/α-hetero) is 1. The van der Waals surface area contributed by atoms with Gasteiger partial charge in [0.25, 0.3) is 5.69 Å². The molecule has 0 radical (unpaired) electrons. The molecule has 0 bridgehead atoms. The summed E-state index contributed by atoms with van der Waals surface area (Å²) in [6.07, 6.45) is 1.28. The lowest BCUT2D eigenvalue weighted by molar-refractivity contribution is -0.384. The fourth-order valence-corrected chi connectivity index (χ4v) is 1.57. The van der Waals surface area contributed by atoms with Crippen molar-refractivity contribution in [3.05, 3.63) is 45.5 Å². The van der Waals surface area contributed by atoms with Gasteiger partial charge in [-0.1, -0.05) is 28.1 Å². The van der Waals surface area contributed by atoms with Crippen molar-refractivity contribution in [3.63, 3.8) is 0 Å². The van der Waals surface area contributed by atoms with E-state index < -0.39 is 16.7 Å². The number of hydrogen-bond donors (Lipinski definition) is 0. The maximum absolute atomic E-state index is 11.7. The lowest BCUT2D eigenvalue weighted by Gasteiger charge is -2.04. The highest BCUT2D eigenvalue weighted by Crippen LogP contribution is 2.16. The Morgan fingerprint density at radius 1 is 1.45 bits per heavy atom. The Hall–Kier alpha value is -2.02. The number of rotatable bonds is 6. The number of carbonyl (C=O) groups is 2. The molecule has 0 aromatic heterocycles. The number of benzene rings is 1. The predicted molar refractivity (Wildman–Crippen MR) is 76.5 cm³/mol. The highest BCUT2D eigenvalue weighted by atomic mass is 79.9. The van der Waals surface area contributed by atoms with Crippen molar-refractivity contribution in [3.8, 4) is 0 Å². The average Bonchev–Trinajstić information content (AvgIpc) is 2.42. The molecule has 0 N–H and O–H groups in total. The number of ether oxygens (including phenoxy) is 1. The van der Waals surface area contributed by atoms with Gasteiger partial charge in [0.15, 0.2) is 5.78 Å². The van der Waals surface area contributed by atoms with Crippen molar-refractivity contribution >= 4 is 39.4 Å². The van der Waals surface area contributed by atoms with Gasteiger partial charge in [0.05, 0.1) is 4.92 Å². The van der Waals surface area contributed by atoms with Crippen LogP contribution in [-0.4, -0.2) is 28.6 Å². The van der Waals surface area contributed by atoms with E-state index in [1.54, 1.807) is 6.07 Å². The minimum atomic E-state index is -0.747. The number of esters is 1. The summed E-state index contributed by atoms with van der Waals surface area (Å²) in [5, 5.41) is 11.1. The summed E-state index contributed by atoms with van der Waals surface area (Å²) in [7, 11) is 0. The lowest BCUT2D eigenvalue weighted by Crippen LogP contribution is -2.14. The van der Waals surface area contributed by atoms with Crippen LogP contribution in [0.5, 0.6) is 0 Å². The van der Waals surface area contributed by atoms with Crippen LogP contribution in [0.25, 0.3) is 6.08 Å². The van der Waals surface area contributed by atoms with Crippen molar-refractivity contribution < 1.29 is 19.2 Å². The third-order valence-electron chi connectivity index (χ3n) is 2.30. The molecule has 0 fully saturated rings. The fourth-order valence-electron chi connectivity index (χ4n) is 1.41. The van der Waals surface area contributed by atoms with Gasteiger partial charge in [-0.2, -0.15) is 0 Å². The van der Waals surface area contributed by atoms with Crippen molar-refractivity contribution in [1.82, 2.24) is 0 Å². The first-order valence-electron chi connectivity index (χ1n) is 5.66. The molecule has 0 saturated heterocycles. The topological polar surface area (TPSA) is 86.5 Å². The minimum Gasteiger partial charge on any atom is -0.461 e. The zero-order valence-electron chi connectivity index (χ0n) is 10.7. The van der Waals surface area contributed by atoms with Crippen molar-refractivity contribution in [2.45, 2.75) is 6.92 Å². The molecule has 0 aliphatic rings. The number of carbonyl (C=O) groups excluding carboxylic acids is 2. The SMILES string of the molecule is CC(=O)C(=Cc1cccc([N+](=O)[O-])c1)C(=O)OCCBr. The molecule has 7 heteroatoms. The van der Waals surface area contributed by atoms with Crippen LogP contribution in [0.1, 0.15) is 12.5 Å². The van der Waals surface area contributed by atoms with Crippen molar-refractivity contribution in [1.29, 1.82) is 0 Å². The molecule has 0 unspecified atom stereocenters. The minimum absolute atomic E-state index is 0.115. The highest BCUT2D eigenvalue weighted by Gasteiger charge is 2.16. The van der Waals surface area contributed by atoms with Gasteiger partial charge in [-0.25, -0.2) is 4.79 Å². The Bertz CT molecular complexity index is 568. The van der Waals surface area contributed by atoms with Gasteiger partial charge < -0.3 is 4.74 Å². The molecule has 0 spiro atoms. The summed E-state index contributed by atoms with van der Waals surface area (Å²) in [5.41, 5.74) is 0.127. The molecule has 6 nitrogen and oxygen atoms in total. The van der Waals surface area contributed by atoms with Crippen LogP contribution in [0.2, 0.25) is 0 Å². The van der Waals surface area contributed by atoms with Crippen LogP contribution < -0.4 is 0 Å². The van der Waals surface area contributed by atoms with E-state index in [-0.39, 0.29) is 17.9 Å². The number of nitrogens with zero attached hydrogens (tertiary/aromatic N) is 1. The van der Waals surface area contributed by atoms with Gasteiger partial charge in [0.2, 0.25) is 0 Å². The quantitative estimate of drug-likeness (QED) is 0.151. The first-order valence-corrected chi connectivity index (χ1v) is 6.78. The van der Waals surface area contributed by atoms with Crippen LogP contribution in [0, 0.1) is 10.1 Å². The van der Waals surface area contributed by atoms with Crippen LogP contribution in [-0.2, 0) is 14.3 Å². The maximum atomic E-state index is 11.7. The molecule has 1 aromatic carbocycles. The van der Waals surface area contributed by atoms with E-state index in [0.29, 0.717) is 10.9 Å². The number of hydrogen-bond acceptors (Lipinski definition) is 5. The Morgan fingerprint density at radius 2 is 2.15 bits per heavy atom. The van der Waals surface area contributed by atoms with Crippen LogP contribution in [0.4, 0.5) is 5.69 Å². The van der Waals surface area contributed by atoms with Gasteiger partial charge in [-0.3, -0.25) is 14.9 Å². The summed E-state index contributed by atoms with van der Waals surface area (Å²) in [6, 6.07) is 5.65. The van der Waals surface area contributed by atoms with Crippen LogP contribution in [0.15, 0.2) is 29.8 Å². The Kier molecular flexibility index (Phi) is 6.05. The van der Waals surface area contributed by atoms with E-state index in [2.05, 4.69) is 15.9 Å². The highest BCUT2D eigenvalue weighted by molar-refractivity contribution is 9.09. The maximum Gasteiger partial charge on any atom is 0.341 e. The van der Waals surface area contributed by atoms with Crippen molar-refractivity contribution in [2.75, 3.05) is 11.9 Å². The third kappa shape index (κ3) is 4.58. The van der Waals surface area contributed by atoms with Gasteiger partial charge >= 0.3 is 5.97 Å². The van der Waals surface area contributed by atoms with E-state index in [1.807, 2.05) is 0 Å². The van der Waals surface area contributed by atoms with E-state index in [1.165, 1.54) is 31.2 Å². The number of nitro benzene ring substituents is 1. The van der Waals surface area contributed by atoms with Gasteiger partial charge in [0, 0.05) is 17.5 Å². The smallest absolute Gasteiger partial charge is 0.341 e. The van der Waals surface area contributed by atoms with E-state index in [0.717, 1.165) is 0 Å². The standard InChI is InChI=1S/C13H12BrNO5/c1-9(16)12(13(17)20-6-5-14)8-10-3-2-4-11(7-10)15(18)19/h2-4,7-8H,5-6H2,1H3. The van der Waals surface area contributed by atoms with Gasteiger partial charge in [-0.15, -0.1) is 0 Å². The van der Waals surface area contributed by atoms with E-state index >= 15 is 0 Å². The average molecular weight is 342 g/mol. The van der Waals surface area contributed by atoms with Gasteiger partial charge in [0.1, 0.15) is 12.2 Å². The largest absolute Gasteiger partial charge is 0.461 e. The second-order valence-electron chi connectivity index (χ2n) is 3.79. The number of alkyl halides is 1. The summed E-state index contributed by atoms with van der Waals surface area (Å²) < 4.78 is 4.86. The molecule has 0 aliphatic carbocycles. The molecule has 20 heavy (non-hydrogen) atoms. The van der Waals surface area contributed by atoms with E-state index in [9.17, 15) is 19.7 Å². The Balaban J connectivity index is 3.08. The molecule has 1 rings (SSSR count). The number of non-ortho nitro benzene ring substituents is 1.